The van der Waals surface area contributed by atoms with Crippen molar-refractivity contribution in [1.82, 2.24) is 19.2 Å². The number of benzene rings is 2. The highest BCUT2D eigenvalue weighted by Gasteiger charge is 2.30. The molecule has 0 aliphatic carbocycles. The van der Waals surface area contributed by atoms with Gasteiger partial charge in [0.1, 0.15) is 0 Å². The van der Waals surface area contributed by atoms with E-state index in [0.29, 0.717) is 47.0 Å². The number of aromatic nitrogens is 4. The topological polar surface area (TPSA) is 61.4 Å². The van der Waals surface area contributed by atoms with E-state index in [2.05, 4.69) is 10.2 Å². The van der Waals surface area contributed by atoms with Gasteiger partial charge in [-0.3, -0.25) is 13.8 Å². The number of thioether (sulfide) groups is 1. The summed E-state index contributed by atoms with van der Waals surface area (Å²) in [7, 11) is 0. The molecule has 0 unspecified atom stereocenters. The van der Waals surface area contributed by atoms with Crippen LogP contribution in [0, 0.1) is 6.92 Å². The summed E-state index contributed by atoms with van der Waals surface area (Å²) in [5.41, 5.74) is 1.30. The molecule has 0 fully saturated rings. The summed E-state index contributed by atoms with van der Waals surface area (Å²) in [5, 5.41) is 9.59. The summed E-state index contributed by atoms with van der Waals surface area (Å²) < 4.78 is 48.2. The summed E-state index contributed by atoms with van der Waals surface area (Å²) in [6, 6.07) is 10.8. The van der Waals surface area contributed by atoms with Gasteiger partial charge in [-0.1, -0.05) is 41.6 Å². The molecule has 6 nitrogen and oxygen atoms in total. The zero-order valence-electron chi connectivity index (χ0n) is 19.1. The van der Waals surface area contributed by atoms with Crippen molar-refractivity contribution in [3.63, 3.8) is 0 Å². The van der Waals surface area contributed by atoms with E-state index < -0.39 is 11.7 Å². The highest BCUT2D eigenvalue weighted by Crippen LogP contribution is 2.31. The van der Waals surface area contributed by atoms with Crippen LogP contribution >= 0.6 is 11.8 Å². The van der Waals surface area contributed by atoms with Crippen LogP contribution in [0.1, 0.15) is 37.0 Å². The maximum atomic E-state index is 13.3. The molecular weight excluding hydrogens is 465 g/mol. The molecule has 0 atom stereocenters. The van der Waals surface area contributed by atoms with Crippen molar-refractivity contribution in [2.24, 2.45) is 0 Å². The van der Waals surface area contributed by atoms with Crippen molar-refractivity contribution in [3.05, 3.63) is 69.5 Å². The second-order valence-corrected chi connectivity index (χ2v) is 9.30. The number of nitrogens with zero attached hydrogens (tertiary/aromatic N) is 4. The standard InChI is InChI=1S/C24H25F3N4O2S/c1-15(2)33-11-5-10-30-21(32)19-12-16(3)8-9-20(19)31-22(30)28-29-23(31)34-14-17-6-4-7-18(13-17)24(25,26)27/h4,6-9,12-13,15H,5,10-11,14H2,1-3H3. The fraction of sp³-hybridized carbons (Fsp3) is 0.375. The van der Waals surface area contributed by atoms with Gasteiger partial charge >= 0.3 is 6.18 Å². The van der Waals surface area contributed by atoms with E-state index in [1.54, 1.807) is 15.0 Å². The van der Waals surface area contributed by atoms with Crippen molar-refractivity contribution < 1.29 is 17.9 Å². The van der Waals surface area contributed by atoms with E-state index in [-0.39, 0.29) is 17.4 Å². The average molecular weight is 491 g/mol. The molecule has 180 valence electrons. The van der Waals surface area contributed by atoms with Crippen molar-refractivity contribution in [1.29, 1.82) is 0 Å². The van der Waals surface area contributed by atoms with E-state index in [0.717, 1.165) is 17.7 Å². The van der Waals surface area contributed by atoms with Gasteiger partial charge in [-0.25, -0.2) is 0 Å². The van der Waals surface area contributed by atoms with Gasteiger partial charge in [0.2, 0.25) is 5.78 Å². The number of halogens is 3. The van der Waals surface area contributed by atoms with Gasteiger partial charge in [0.15, 0.2) is 5.16 Å². The average Bonchev–Trinajstić information content (AvgIpc) is 3.20. The van der Waals surface area contributed by atoms with Crippen LogP contribution in [0.4, 0.5) is 13.2 Å². The predicted molar refractivity (Wildman–Crippen MR) is 126 cm³/mol. The molecule has 0 aliphatic rings. The van der Waals surface area contributed by atoms with E-state index in [4.69, 9.17) is 4.74 Å². The van der Waals surface area contributed by atoms with Gasteiger partial charge in [0, 0.05) is 18.9 Å². The Kier molecular flexibility index (Phi) is 6.99. The summed E-state index contributed by atoms with van der Waals surface area (Å²) in [4.78, 5) is 13.3. The van der Waals surface area contributed by atoms with Crippen molar-refractivity contribution in [2.45, 2.75) is 56.9 Å². The Morgan fingerprint density at radius 3 is 2.65 bits per heavy atom. The lowest BCUT2D eigenvalue weighted by molar-refractivity contribution is -0.137. The highest BCUT2D eigenvalue weighted by molar-refractivity contribution is 7.98. The Bertz CT molecular complexity index is 1380. The molecule has 10 heteroatoms. The van der Waals surface area contributed by atoms with Gasteiger partial charge in [0.25, 0.3) is 5.56 Å². The van der Waals surface area contributed by atoms with Crippen molar-refractivity contribution >= 4 is 28.4 Å². The lowest BCUT2D eigenvalue weighted by Gasteiger charge is -2.13. The normalized spacial score (nSPS) is 12.3. The van der Waals surface area contributed by atoms with Crippen LogP contribution in [-0.2, 0) is 23.2 Å². The summed E-state index contributed by atoms with van der Waals surface area (Å²) in [6.07, 6.45) is -3.67. The SMILES string of the molecule is Cc1ccc2c(c1)c(=O)n(CCCOC(C)C)c1nnc(SCc3cccc(C(F)(F)F)c3)n21. The van der Waals surface area contributed by atoms with E-state index in [1.807, 2.05) is 39.0 Å². The Morgan fingerprint density at radius 2 is 1.91 bits per heavy atom. The number of alkyl halides is 3. The molecular formula is C24H25F3N4O2S. The van der Waals surface area contributed by atoms with Crippen LogP contribution in [0.2, 0.25) is 0 Å². The molecule has 4 aromatic rings. The van der Waals surface area contributed by atoms with E-state index in [1.165, 1.54) is 17.8 Å². The first-order valence-electron chi connectivity index (χ1n) is 10.9. The first kappa shape index (κ1) is 24.3. The van der Waals surface area contributed by atoms with Crippen LogP contribution in [-0.4, -0.2) is 31.9 Å². The lowest BCUT2D eigenvalue weighted by Crippen LogP contribution is -2.24. The number of hydrogen-bond donors (Lipinski definition) is 0. The van der Waals surface area contributed by atoms with Crippen molar-refractivity contribution in [3.8, 4) is 0 Å². The minimum atomic E-state index is -4.40. The second kappa shape index (κ2) is 9.79. The molecule has 0 saturated heterocycles. The second-order valence-electron chi connectivity index (χ2n) is 8.36. The number of fused-ring (bicyclic) bond motifs is 3. The van der Waals surface area contributed by atoms with Gasteiger partial charge in [-0.15, -0.1) is 10.2 Å². The molecule has 0 radical (unpaired) electrons. The summed E-state index contributed by atoms with van der Waals surface area (Å²) in [6.45, 7) is 6.74. The van der Waals surface area contributed by atoms with Gasteiger partial charge in [-0.05, 0) is 51.0 Å². The molecule has 0 bridgehead atoms. The third-order valence-corrected chi connectivity index (χ3v) is 6.33. The van der Waals surface area contributed by atoms with Crippen LogP contribution in [0.15, 0.2) is 52.4 Å². The first-order valence-corrected chi connectivity index (χ1v) is 11.9. The molecule has 0 amide bonds. The van der Waals surface area contributed by atoms with E-state index in [9.17, 15) is 18.0 Å². The van der Waals surface area contributed by atoms with Crippen LogP contribution in [0.5, 0.6) is 0 Å². The fourth-order valence-electron chi connectivity index (χ4n) is 3.72. The summed E-state index contributed by atoms with van der Waals surface area (Å²) >= 11 is 1.28. The number of aryl methyl sites for hydroxylation is 2. The quantitative estimate of drug-likeness (QED) is 0.242. The van der Waals surface area contributed by atoms with Crippen LogP contribution in [0.25, 0.3) is 16.7 Å². The molecule has 0 N–H and O–H groups in total. The molecule has 2 aromatic carbocycles. The Balaban J connectivity index is 1.71. The zero-order valence-corrected chi connectivity index (χ0v) is 19.9. The largest absolute Gasteiger partial charge is 0.416 e. The highest BCUT2D eigenvalue weighted by atomic mass is 32.2. The Hall–Kier alpha value is -2.85. The Labute approximate surface area is 198 Å². The predicted octanol–water partition coefficient (Wildman–Crippen LogP) is 5.48. The minimum Gasteiger partial charge on any atom is -0.379 e. The van der Waals surface area contributed by atoms with E-state index >= 15 is 0 Å². The summed E-state index contributed by atoms with van der Waals surface area (Å²) in [5.74, 6) is 0.678. The molecule has 0 spiro atoms. The maximum Gasteiger partial charge on any atom is 0.416 e. The van der Waals surface area contributed by atoms with Gasteiger partial charge < -0.3 is 4.74 Å². The number of rotatable bonds is 8. The van der Waals surface area contributed by atoms with Crippen LogP contribution in [0.3, 0.4) is 0 Å². The van der Waals surface area contributed by atoms with Gasteiger partial charge in [-0.2, -0.15) is 13.2 Å². The minimum absolute atomic E-state index is 0.0999. The smallest absolute Gasteiger partial charge is 0.379 e. The van der Waals surface area contributed by atoms with Gasteiger partial charge in [0.05, 0.1) is 22.6 Å². The zero-order chi connectivity index (χ0) is 24.5. The number of ether oxygens (including phenoxy) is 1. The van der Waals surface area contributed by atoms with Crippen LogP contribution < -0.4 is 5.56 Å². The Morgan fingerprint density at radius 1 is 1.12 bits per heavy atom. The molecule has 2 heterocycles. The van der Waals surface area contributed by atoms with Crippen molar-refractivity contribution in [2.75, 3.05) is 6.61 Å². The molecule has 2 aromatic heterocycles. The third kappa shape index (κ3) is 5.12. The molecule has 4 rings (SSSR count). The third-order valence-electron chi connectivity index (χ3n) is 5.33. The monoisotopic (exact) mass is 490 g/mol. The fourth-order valence-corrected chi connectivity index (χ4v) is 4.61. The first-order chi connectivity index (χ1) is 16.1. The lowest BCUT2D eigenvalue weighted by atomic mass is 10.1. The molecule has 0 aliphatic heterocycles. The number of hydrogen-bond acceptors (Lipinski definition) is 5. The maximum absolute atomic E-state index is 13.3. The molecule has 0 saturated carbocycles. The molecule has 34 heavy (non-hydrogen) atoms.